The Hall–Kier alpha value is -1.78. The fraction of sp³-hybridized carbons (Fsp3) is 0.333. The fourth-order valence-electron chi connectivity index (χ4n) is 2.02. The van der Waals surface area contributed by atoms with Crippen molar-refractivity contribution in [2.24, 2.45) is 5.92 Å². The number of nitro benzene ring substituents is 1. The summed E-state index contributed by atoms with van der Waals surface area (Å²) in [6.45, 7) is 5.09. The van der Waals surface area contributed by atoms with Crippen molar-refractivity contribution in [3.63, 3.8) is 0 Å². The molecule has 0 saturated carbocycles. The Morgan fingerprint density at radius 2 is 2.18 bits per heavy atom. The maximum atomic E-state index is 10.7. The summed E-state index contributed by atoms with van der Waals surface area (Å²) in [5.41, 5.74) is 1.38. The summed E-state index contributed by atoms with van der Waals surface area (Å²) in [6, 6.07) is 4.84. The topological polar surface area (TPSA) is 48.1 Å². The van der Waals surface area contributed by atoms with Gasteiger partial charge in [0.15, 0.2) is 0 Å². The largest absolute Gasteiger partial charge is 0.348 e. The number of rotatable bonds is 3. The molecule has 0 aliphatic carbocycles. The molecule has 0 spiro atoms. The van der Waals surface area contributed by atoms with Crippen LogP contribution in [0.4, 0.5) is 5.69 Å². The van der Waals surface area contributed by atoms with Gasteiger partial charge in [0.1, 0.15) is 7.85 Å². The second-order valence-electron chi connectivity index (χ2n) is 4.59. The molecular formula is C12H13BN2O2. The van der Waals surface area contributed by atoms with Gasteiger partial charge in [0.2, 0.25) is 0 Å². The number of nitro groups is 1. The molecule has 0 N–H and O–H groups in total. The third-order valence-electron chi connectivity index (χ3n) is 2.65. The van der Waals surface area contributed by atoms with Crippen LogP contribution < -0.4 is 5.46 Å². The predicted octanol–water partition coefficient (Wildman–Crippen LogP) is 2.00. The van der Waals surface area contributed by atoms with Gasteiger partial charge >= 0.3 is 0 Å². The van der Waals surface area contributed by atoms with E-state index in [-0.39, 0.29) is 5.69 Å². The standard InChI is InChI=1S/C12H13BN2O2/c1-8(2)7-14-4-3-9-5-10(15(16)17)6-11(13)12(9)14/h3-6,8H,7H2,1-2H3. The molecule has 2 aromatic rings. The highest BCUT2D eigenvalue weighted by molar-refractivity contribution is 6.38. The van der Waals surface area contributed by atoms with E-state index in [0.717, 1.165) is 17.4 Å². The van der Waals surface area contributed by atoms with Crippen molar-refractivity contribution in [1.29, 1.82) is 0 Å². The number of fused-ring (bicyclic) bond motifs is 1. The lowest BCUT2D eigenvalue weighted by atomic mass is 9.93. The van der Waals surface area contributed by atoms with Gasteiger partial charge in [-0.1, -0.05) is 19.3 Å². The first-order chi connectivity index (χ1) is 7.99. The Balaban J connectivity index is 2.58. The van der Waals surface area contributed by atoms with E-state index < -0.39 is 4.92 Å². The van der Waals surface area contributed by atoms with E-state index in [1.54, 1.807) is 6.07 Å². The zero-order valence-corrected chi connectivity index (χ0v) is 9.88. The van der Waals surface area contributed by atoms with E-state index in [0.29, 0.717) is 11.4 Å². The van der Waals surface area contributed by atoms with E-state index in [1.807, 2.05) is 16.8 Å². The number of non-ortho nitro benzene ring substituents is 1. The zero-order chi connectivity index (χ0) is 12.6. The molecule has 86 valence electrons. The van der Waals surface area contributed by atoms with Crippen LogP contribution in [0.25, 0.3) is 10.9 Å². The van der Waals surface area contributed by atoms with Crippen LogP contribution in [0.2, 0.25) is 0 Å². The molecule has 1 heterocycles. The second-order valence-corrected chi connectivity index (χ2v) is 4.59. The zero-order valence-electron chi connectivity index (χ0n) is 9.88. The summed E-state index contributed by atoms with van der Waals surface area (Å²) in [4.78, 5) is 10.3. The van der Waals surface area contributed by atoms with Crippen molar-refractivity contribution in [1.82, 2.24) is 4.57 Å². The quantitative estimate of drug-likeness (QED) is 0.458. The van der Waals surface area contributed by atoms with Crippen molar-refractivity contribution >= 4 is 29.9 Å². The van der Waals surface area contributed by atoms with Gasteiger partial charge in [0.05, 0.1) is 4.92 Å². The Morgan fingerprint density at radius 3 is 2.76 bits per heavy atom. The van der Waals surface area contributed by atoms with Gasteiger partial charge in [-0.3, -0.25) is 10.1 Å². The van der Waals surface area contributed by atoms with Crippen LogP contribution in [0, 0.1) is 16.0 Å². The summed E-state index contributed by atoms with van der Waals surface area (Å²) < 4.78 is 2.04. The molecule has 1 aromatic heterocycles. The fourth-order valence-corrected chi connectivity index (χ4v) is 2.02. The van der Waals surface area contributed by atoms with Crippen molar-refractivity contribution in [3.05, 3.63) is 34.5 Å². The molecule has 0 amide bonds. The van der Waals surface area contributed by atoms with Gasteiger partial charge in [0.25, 0.3) is 5.69 Å². The molecule has 1 aromatic carbocycles. The molecule has 0 aliphatic rings. The highest BCUT2D eigenvalue weighted by atomic mass is 16.6. The Bertz CT molecular complexity index is 575. The maximum Gasteiger partial charge on any atom is 0.269 e. The van der Waals surface area contributed by atoms with E-state index >= 15 is 0 Å². The molecule has 17 heavy (non-hydrogen) atoms. The SMILES string of the molecule is [B]c1cc([N+](=O)[O-])cc2ccn(CC(C)C)c12. The Morgan fingerprint density at radius 1 is 1.47 bits per heavy atom. The normalized spacial score (nSPS) is 11.2. The lowest BCUT2D eigenvalue weighted by Crippen LogP contribution is -2.12. The van der Waals surface area contributed by atoms with E-state index in [4.69, 9.17) is 7.85 Å². The molecule has 5 heteroatoms. The molecule has 0 atom stereocenters. The summed E-state index contributed by atoms with van der Waals surface area (Å²) in [5, 5.41) is 11.5. The van der Waals surface area contributed by atoms with Crippen molar-refractivity contribution in [2.75, 3.05) is 0 Å². The molecule has 4 nitrogen and oxygen atoms in total. The molecule has 2 rings (SSSR count). The van der Waals surface area contributed by atoms with Crippen LogP contribution in [0.5, 0.6) is 0 Å². The Kier molecular flexibility index (Phi) is 2.92. The number of hydrogen-bond acceptors (Lipinski definition) is 2. The highest BCUT2D eigenvalue weighted by Gasteiger charge is 2.12. The first kappa shape index (κ1) is 11.7. The van der Waals surface area contributed by atoms with Crippen LogP contribution in [-0.4, -0.2) is 17.3 Å². The van der Waals surface area contributed by atoms with Crippen LogP contribution in [0.15, 0.2) is 24.4 Å². The average Bonchev–Trinajstić information content (AvgIpc) is 2.60. The summed E-state index contributed by atoms with van der Waals surface area (Å²) >= 11 is 0. The van der Waals surface area contributed by atoms with E-state index in [9.17, 15) is 10.1 Å². The molecule has 0 bridgehead atoms. The lowest BCUT2D eigenvalue weighted by Gasteiger charge is -2.10. The number of hydrogen-bond donors (Lipinski definition) is 0. The van der Waals surface area contributed by atoms with Gasteiger partial charge < -0.3 is 4.57 Å². The minimum absolute atomic E-state index is 0.0392. The van der Waals surface area contributed by atoms with Gasteiger partial charge in [-0.15, -0.1) is 0 Å². The van der Waals surface area contributed by atoms with Crippen LogP contribution >= 0.6 is 0 Å². The van der Waals surface area contributed by atoms with Gasteiger partial charge in [-0.2, -0.15) is 0 Å². The number of aromatic nitrogens is 1. The first-order valence-corrected chi connectivity index (χ1v) is 5.52. The van der Waals surface area contributed by atoms with Crippen LogP contribution in [0.1, 0.15) is 13.8 Å². The number of nitrogens with zero attached hydrogens (tertiary/aromatic N) is 2. The lowest BCUT2D eigenvalue weighted by molar-refractivity contribution is -0.384. The molecule has 2 radical (unpaired) electrons. The first-order valence-electron chi connectivity index (χ1n) is 5.52. The average molecular weight is 228 g/mol. The summed E-state index contributed by atoms with van der Waals surface area (Å²) in [5.74, 6) is 0.500. The summed E-state index contributed by atoms with van der Waals surface area (Å²) in [7, 11) is 5.89. The van der Waals surface area contributed by atoms with Crippen LogP contribution in [0.3, 0.4) is 0 Å². The molecule has 0 saturated heterocycles. The molecule has 0 fully saturated rings. The molecular weight excluding hydrogens is 215 g/mol. The third-order valence-corrected chi connectivity index (χ3v) is 2.65. The molecule has 0 aliphatic heterocycles. The summed E-state index contributed by atoms with van der Waals surface area (Å²) in [6.07, 6.45) is 1.92. The van der Waals surface area contributed by atoms with Gasteiger partial charge in [0, 0.05) is 35.8 Å². The maximum absolute atomic E-state index is 10.7. The van der Waals surface area contributed by atoms with Gasteiger partial charge in [-0.25, -0.2) is 0 Å². The predicted molar refractivity (Wildman–Crippen MR) is 68.8 cm³/mol. The second kappa shape index (κ2) is 4.24. The van der Waals surface area contributed by atoms with Crippen LogP contribution in [-0.2, 0) is 6.54 Å². The van der Waals surface area contributed by atoms with E-state index in [2.05, 4.69) is 13.8 Å². The number of benzene rings is 1. The van der Waals surface area contributed by atoms with Crippen molar-refractivity contribution < 1.29 is 4.92 Å². The third kappa shape index (κ3) is 2.18. The molecule has 0 unspecified atom stereocenters. The van der Waals surface area contributed by atoms with Gasteiger partial charge in [-0.05, 0) is 12.0 Å². The van der Waals surface area contributed by atoms with Crippen molar-refractivity contribution in [3.8, 4) is 0 Å². The van der Waals surface area contributed by atoms with Crippen molar-refractivity contribution in [2.45, 2.75) is 20.4 Å². The smallest absolute Gasteiger partial charge is 0.269 e. The minimum Gasteiger partial charge on any atom is -0.348 e. The monoisotopic (exact) mass is 228 g/mol. The highest BCUT2D eigenvalue weighted by Crippen LogP contribution is 2.20. The Labute approximate surface area is 101 Å². The minimum atomic E-state index is -0.421. The van der Waals surface area contributed by atoms with E-state index in [1.165, 1.54) is 6.07 Å².